The van der Waals surface area contributed by atoms with Gasteiger partial charge in [-0.2, -0.15) is 9.41 Å². The number of hydrogen-bond donors (Lipinski definition) is 0. The molecule has 2 aromatic carbocycles. The molecule has 0 atom stereocenters. The standard InChI is InChI=1S/C18H18ClN3O3S/c1-21(26(24,25)16-9-7-15(19)8-10-16)13-18(23)22-12-11-17(20-22)14-5-3-2-4-6-14/h2-10H,11-13H2,1H3. The molecule has 0 radical (unpaired) electrons. The van der Waals surface area contributed by atoms with Crippen molar-refractivity contribution in [2.24, 2.45) is 5.10 Å². The van der Waals surface area contributed by atoms with Crippen LogP contribution in [0, 0.1) is 0 Å². The van der Waals surface area contributed by atoms with Gasteiger partial charge in [-0.15, -0.1) is 0 Å². The zero-order valence-electron chi connectivity index (χ0n) is 14.2. The number of likely N-dealkylation sites (N-methyl/N-ethyl adjacent to an activating group) is 1. The molecule has 1 aliphatic rings. The van der Waals surface area contributed by atoms with E-state index < -0.39 is 10.0 Å². The van der Waals surface area contributed by atoms with Crippen molar-refractivity contribution in [2.45, 2.75) is 11.3 Å². The Labute approximate surface area is 157 Å². The van der Waals surface area contributed by atoms with Crippen LogP contribution in [0.2, 0.25) is 5.02 Å². The van der Waals surface area contributed by atoms with E-state index in [4.69, 9.17) is 11.6 Å². The molecule has 0 saturated heterocycles. The Morgan fingerprint density at radius 1 is 1.15 bits per heavy atom. The van der Waals surface area contributed by atoms with Crippen molar-refractivity contribution in [3.63, 3.8) is 0 Å². The second-order valence-electron chi connectivity index (χ2n) is 5.89. The molecule has 0 aliphatic carbocycles. The number of carbonyl (C=O) groups is 1. The predicted molar refractivity (Wildman–Crippen MR) is 101 cm³/mol. The summed E-state index contributed by atoms with van der Waals surface area (Å²) in [5, 5.41) is 6.12. The van der Waals surface area contributed by atoms with Crippen molar-refractivity contribution in [1.82, 2.24) is 9.31 Å². The molecule has 136 valence electrons. The quantitative estimate of drug-likeness (QED) is 0.786. The Bertz CT molecular complexity index is 928. The van der Waals surface area contributed by atoms with Crippen molar-refractivity contribution in [3.05, 3.63) is 65.2 Å². The number of rotatable bonds is 5. The zero-order valence-corrected chi connectivity index (χ0v) is 15.7. The van der Waals surface area contributed by atoms with Crippen LogP contribution in [0.1, 0.15) is 12.0 Å². The Balaban J connectivity index is 1.70. The van der Waals surface area contributed by atoms with E-state index in [1.807, 2.05) is 30.3 Å². The molecule has 0 aromatic heterocycles. The van der Waals surface area contributed by atoms with Gasteiger partial charge < -0.3 is 0 Å². The molecule has 0 bridgehead atoms. The summed E-state index contributed by atoms with van der Waals surface area (Å²) < 4.78 is 26.1. The number of hydrazone groups is 1. The van der Waals surface area contributed by atoms with Gasteiger partial charge in [0.05, 0.1) is 23.7 Å². The molecule has 26 heavy (non-hydrogen) atoms. The van der Waals surface area contributed by atoms with Gasteiger partial charge in [0, 0.05) is 18.5 Å². The normalized spacial score (nSPS) is 14.6. The maximum Gasteiger partial charge on any atom is 0.257 e. The minimum Gasteiger partial charge on any atom is -0.271 e. The van der Waals surface area contributed by atoms with Crippen LogP contribution in [0.25, 0.3) is 0 Å². The first kappa shape index (κ1) is 18.6. The third-order valence-corrected chi connectivity index (χ3v) is 6.15. The number of hydrogen-bond acceptors (Lipinski definition) is 4. The number of carbonyl (C=O) groups excluding carboxylic acids is 1. The Morgan fingerprint density at radius 3 is 2.46 bits per heavy atom. The highest BCUT2D eigenvalue weighted by molar-refractivity contribution is 7.89. The Kier molecular flexibility index (Phi) is 5.41. The number of benzene rings is 2. The van der Waals surface area contributed by atoms with Gasteiger partial charge in [-0.1, -0.05) is 41.9 Å². The fourth-order valence-electron chi connectivity index (χ4n) is 2.61. The largest absolute Gasteiger partial charge is 0.271 e. The minimum atomic E-state index is -3.77. The van der Waals surface area contributed by atoms with Crippen LogP contribution in [0.5, 0.6) is 0 Å². The van der Waals surface area contributed by atoms with E-state index in [9.17, 15) is 13.2 Å². The smallest absolute Gasteiger partial charge is 0.257 e. The molecule has 1 aliphatic heterocycles. The third-order valence-electron chi connectivity index (χ3n) is 4.08. The monoisotopic (exact) mass is 391 g/mol. The number of halogens is 1. The topological polar surface area (TPSA) is 70.1 Å². The number of sulfonamides is 1. The van der Waals surface area contributed by atoms with Crippen LogP contribution in [-0.2, 0) is 14.8 Å². The molecular formula is C18H18ClN3O3S. The molecule has 3 rings (SSSR count). The molecule has 0 fully saturated rings. The summed E-state index contributed by atoms with van der Waals surface area (Å²) in [6, 6.07) is 15.4. The van der Waals surface area contributed by atoms with Gasteiger partial charge >= 0.3 is 0 Å². The van der Waals surface area contributed by atoms with E-state index in [1.165, 1.54) is 36.3 Å². The highest BCUT2D eigenvalue weighted by Crippen LogP contribution is 2.18. The SMILES string of the molecule is CN(CC(=O)N1CCC(c2ccccc2)=N1)S(=O)(=O)c1ccc(Cl)cc1. The lowest BCUT2D eigenvalue weighted by Crippen LogP contribution is -2.38. The van der Waals surface area contributed by atoms with Crippen molar-refractivity contribution >= 4 is 33.2 Å². The van der Waals surface area contributed by atoms with E-state index in [1.54, 1.807) is 0 Å². The molecule has 0 saturated carbocycles. The molecule has 1 amide bonds. The summed E-state index contributed by atoms with van der Waals surface area (Å²) in [6.45, 7) is 0.161. The minimum absolute atomic E-state index is 0.0899. The number of amides is 1. The van der Waals surface area contributed by atoms with Gasteiger partial charge in [0.25, 0.3) is 5.91 Å². The first-order valence-electron chi connectivity index (χ1n) is 8.03. The second-order valence-corrected chi connectivity index (χ2v) is 8.38. The van der Waals surface area contributed by atoms with E-state index in [2.05, 4.69) is 5.10 Å². The van der Waals surface area contributed by atoms with Gasteiger partial charge in [0.2, 0.25) is 10.0 Å². The Morgan fingerprint density at radius 2 is 1.81 bits per heavy atom. The van der Waals surface area contributed by atoms with Crippen LogP contribution >= 0.6 is 11.6 Å². The summed E-state index contributed by atoms with van der Waals surface area (Å²) in [5.41, 5.74) is 1.78. The molecular weight excluding hydrogens is 374 g/mol. The zero-order chi connectivity index (χ0) is 18.7. The highest BCUT2D eigenvalue weighted by Gasteiger charge is 2.27. The fraction of sp³-hybridized carbons (Fsp3) is 0.222. The van der Waals surface area contributed by atoms with E-state index >= 15 is 0 Å². The third kappa shape index (κ3) is 3.95. The summed E-state index contributed by atoms with van der Waals surface area (Å²) in [4.78, 5) is 12.5. The van der Waals surface area contributed by atoms with Gasteiger partial charge in [0.15, 0.2) is 0 Å². The number of nitrogens with zero attached hydrogens (tertiary/aromatic N) is 3. The van der Waals surface area contributed by atoms with E-state index in [0.29, 0.717) is 18.0 Å². The lowest BCUT2D eigenvalue weighted by molar-refractivity contribution is -0.130. The summed E-state index contributed by atoms with van der Waals surface area (Å²) in [7, 11) is -2.39. The second kappa shape index (κ2) is 7.57. The molecule has 0 N–H and O–H groups in total. The summed E-state index contributed by atoms with van der Waals surface area (Å²) in [5.74, 6) is -0.365. The lowest BCUT2D eigenvalue weighted by Gasteiger charge is -2.19. The van der Waals surface area contributed by atoms with Crippen LogP contribution in [0.3, 0.4) is 0 Å². The first-order valence-corrected chi connectivity index (χ1v) is 9.85. The van der Waals surface area contributed by atoms with Crippen LogP contribution in [0.15, 0.2) is 64.6 Å². The molecule has 2 aromatic rings. The summed E-state index contributed by atoms with van der Waals surface area (Å²) >= 11 is 5.79. The van der Waals surface area contributed by atoms with Gasteiger partial charge in [-0.25, -0.2) is 13.4 Å². The summed E-state index contributed by atoms with van der Waals surface area (Å²) in [6.07, 6.45) is 0.642. The Hall–Kier alpha value is -2.22. The average Bonchev–Trinajstić information content (AvgIpc) is 3.13. The maximum absolute atomic E-state index is 12.6. The van der Waals surface area contributed by atoms with Crippen molar-refractivity contribution in [2.75, 3.05) is 20.1 Å². The van der Waals surface area contributed by atoms with Gasteiger partial charge in [-0.3, -0.25) is 4.79 Å². The maximum atomic E-state index is 12.6. The highest BCUT2D eigenvalue weighted by atomic mass is 35.5. The van der Waals surface area contributed by atoms with Crippen LogP contribution < -0.4 is 0 Å². The van der Waals surface area contributed by atoms with Crippen molar-refractivity contribution < 1.29 is 13.2 Å². The van der Waals surface area contributed by atoms with Gasteiger partial charge in [0.1, 0.15) is 0 Å². The molecule has 1 heterocycles. The van der Waals surface area contributed by atoms with Crippen molar-refractivity contribution in [1.29, 1.82) is 0 Å². The lowest BCUT2D eigenvalue weighted by atomic mass is 10.1. The molecule has 6 nitrogen and oxygen atoms in total. The van der Waals surface area contributed by atoms with E-state index in [0.717, 1.165) is 15.6 Å². The fourth-order valence-corrected chi connectivity index (χ4v) is 3.86. The van der Waals surface area contributed by atoms with E-state index in [-0.39, 0.29) is 17.3 Å². The van der Waals surface area contributed by atoms with Crippen molar-refractivity contribution in [3.8, 4) is 0 Å². The molecule has 0 spiro atoms. The average molecular weight is 392 g/mol. The van der Waals surface area contributed by atoms with Gasteiger partial charge in [-0.05, 0) is 29.8 Å². The molecule has 0 unspecified atom stereocenters. The van der Waals surface area contributed by atoms with Crippen LogP contribution in [0.4, 0.5) is 0 Å². The first-order chi connectivity index (χ1) is 12.4. The van der Waals surface area contributed by atoms with Crippen LogP contribution in [-0.4, -0.2) is 49.5 Å². The predicted octanol–water partition coefficient (Wildman–Crippen LogP) is 2.60. The molecule has 8 heteroatoms.